The van der Waals surface area contributed by atoms with Crippen LogP contribution in [0.3, 0.4) is 0 Å². The molecule has 1 unspecified atom stereocenters. The van der Waals surface area contributed by atoms with Gasteiger partial charge in [0.05, 0.1) is 6.10 Å². The van der Waals surface area contributed by atoms with E-state index in [0.717, 1.165) is 5.56 Å². The molecule has 1 heterocycles. The molecule has 112 valence electrons. The highest BCUT2D eigenvalue weighted by Crippen LogP contribution is 2.32. The lowest BCUT2D eigenvalue weighted by atomic mass is 9.82. The Morgan fingerprint density at radius 3 is 2.52 bits per heavy atom. The number of aliphatic hydroxyl groups is 1. The standard InChI is InChI=1S/C18H23NOS/c20-18(16-10-11-21-13-16)12-19-17-8-6-15(7-9-17)14-4-2-1-3-5-14/h1-5,10-11,13,15,17-20H,6-9,12H2. The molecule has 1 aliphatic carbocycles. The summed E-state index contributed by atoms with van der Waals surface area (Å²) in [6, 6.07) is 13.4. The normalized spacial score (nSPS) is 23.9. The molecule has 0 radical (unpaired) electrons. The zero-order valence-corrected chi connectivity index (χ0v) is 13.1. The van der Waals surface area contributed by atoms with Crippen molar-refractivity contribution in [2.45, 2.75) is 43.7 Å². The van der Waals surface area contributed by atoms with E-state index in [1.807, 2.05) is 16.8 Å². The Bertz CT molecular complexity index is 517. The Morgan fingerprint density at radius 2 is 1.86 bits per heavy atom. The van der Waals surface area contributed by atoms with Gasteiger partial charge in [-0.25, -0.2) is 0 Å². The SMILES string of the molecule is OC(CNC1CCC(c2ccccc2)CC1)c1ccsc1. The molecular formula is C18H23NOS. The van der Waals surface area contributed by atoms with Gasteiger partial charge in [-0.3, -0.25) is 0 Å². The Labute approximate surface area is 130 Å². The number of thiophene rings is 1. The van der Waals surface area contributed by atoms with E-state index in [1.165, 1.54) is 31.2 Å². The van der Waals surface area contributed by atoms with Crippen LogP contribution in [0.5, 0.6) is 0 Å². The predicted octanol–water partition coefficient (Wildman–Crippen LogP) is 4.10. The van der Waals surface area contributed by atoms with Crippen molar-refractivity contribution in [3.8, 4) is 0 Å². The van der Waals surface area contributed by atoms with Gasteiger partial charge < -0.3 is 10.4 Å². The Morgan fingerprint density at radius 1 is 1.10 bits per heavy atom. The third-order valence-electron chi connectivity index (χ3n) is 4.53. The molecule has 1 atom stereocenters. The quantitative estimate of drug-likeness (QED) is 0.871. The molecule has 2 nitrogen and oxygen atoms in total. The molecule has 1 aromatic heterocycles. The van der Waals surface area contributed by atoms with Crippen LogP contribution in [0.25, 0.3) is 0 Å². The third-order valence-corrected chi connectivity index (χ3v) is 5.23. The smallest absolute Gasteiger partial charge is 0.0922 e. The van der Waals surface area contributed by atoms with Crippen LogP contribution in [-0.2, 0) is 0 Å². The maximum absolute atomic E-state index is 10.1. The van der Waals surface area contributed by atoms with Crippen LogP contribution in [0, 0.1) is 0 Å². The summed E-state index contributed by atoms with van der Waals surface area (Å²) in [6.45, 7) is 0.664. The molecule has 1 aliphatic rings. The fraction of sp³-hybridized carbons (Fsp3) is 0.444. The Balaban J connectivity index is 1.44. The van der Waals surface area contributed by atoms with Crippen molar-refractivity contribution in [1.82, 2.24) is 5.32 Å². The maximum atomic E-state index is 10.1. The van der Waals surface area contributed by atoms with Crippen LogP contribution in [-0.4, -0.2) is 17.7 Å². The summed E-state index contributed by atoms with van der Waals surface area (Å²) in [7, 11) is 0. The van der Waals surface area contributed by atoms with Gasteiger partial charge in [-0.1, -0.05) is 30.3 Å². The van der Waals surface area contributed by atoms with Crippen molar-refractivity contribution < 1.29 is 5.11 Å². The number of aliphatic hydroxyl groups excluding tert-OH is 1. The van der Waals surface area contributed by atoms with Crippen LogP contribution >= 0.6 is 11.3 Å². The summed E-state index contributed by atoms with van der Waals surface area (Å²) in [5, 5.41) is 17.7. The van der Waals surface area contributed by atoms with Crippen molar-refractivity contribution in [3.63, 3.8) is 0 Å². The number of hydrogen-bond donors (Lipinski definition) is 2. The molecule has 0 saturated heterocycles. The first-order valence-corrected chi connectivity index (χ1v) is 8.75. The molecular weight excluding hydrogens is 278 g/mol. The van der Waals surface area contributed by atoms with Crippen molar-refractivity contribution in [3.05, 3.63) is 58.3 Å². The summed E-state index contributed by atoms with van der Waals surface area (Å²) in [5.41, 5.74) is 2.51. The number of rotatable bonds is 5. The van der Waals surface area contributed by atoms with Gasteiger partial charge in [0.15, 0.2) is 0 Å². The highest BCUT2D eigenvalue weighted by Gasteiger charge is 2.22. The minimum absolute atomic E-state index is 0.372. The molecule has 1 aromatic carbocycles. The summed E-state index contributed by atoms with van der Waals surface area (Å²) < 4.78 is 0. The second kappa shape index (κ2) is 7.21. The molecule has 0 aliphatic heterocycles. The highest BCUT2D eigenvalue weighted by atomic mass is 32.1. The summed E-state index contributed by atoms with van der Waals surface area (Å²) >= 11 is 1.64. The Hall–Kier alpha value is -1.16. The van der Waals surface area contributed by atoms with Crippen LogP contribution in [0.4, 0.5) is 0 Å². The van der Waals surface area contributed by atoms with Crippen molar-refractivity contribution >= 4 is 11.3 Å². The molecule has 1 saturated carbocycles. The lowest BCUT2D eigenvalue weighted by Gasteiger charge is -2.30. The zero-order chi connectivity index (χ0) is 14.5. The van der Waals surface area contributed by atoms with Crippen LogP contribution in [0.2, 0.25) is 0 Å². The molecule has 0 amide bonds. The van der Waals surface area contributed by atoms with Gasteiger partial charge in [0.1, 0.15) is 0 Å². The van der Waals surface area contributed by atoms with E-state index in [2.05, 4.69) is 35.6 Å². The lowest BCUT2D eigenvalue weighted by molar-refractivity contribution is 0.165. The second-order valence-corrected chi connectivity index (χ2v) is 6.72. The highest BCUT2D eigenvalue weighted by molar-refractivity contribution is 7.07. The van der Waals surface area contributed by atoms with Gasteiger partial charge >= 0.3 is 0 Å². The zero-order valence-electron chi connectivity index (χ0n) is 12.2. The average molecular weight is 301 g/mol. The summed E-state index contributed by atoms with van der Waals surface area (Å²) in [6.07, 6.45) is 4.53. The first-order valence-electron chi connectivity index (χ1n) is 7.81. The van der Waals surface area contributed by atoms with Crippen molar-refractivity contribution in [2.75, 3.05) is 6.54 Å². The van der Waals surface area contributed by atoms with Gasteiger partial charge in [-0.05, 0) is 59.6 Å². The van der Waals surface area contributed by atoms with E-state index in [-0.39, 0.29) is 6.10 Å². The molecule has 21 heavy (non-hydrogen) atoms. The summed E-state index contributed by atoms with van der Waals surface area (Å²) in [4.78, 5) is 0. The number of hydrogen-bond acceptors (Lipinski definition) is 3. The van der Waals surface area contributed by atoms with Crippen LogP contribution < -0.4 is 5.32 Å². The molecule has 1 fully saturated rings. The van der Waals surface area contributed by atoms with Crippen LogP contribution in [0.15, 0.2) is 47.2 Å². The van der Waals surface area contributed by atoms with Gasteiger partial charge in [-0.2, -0.15) is 11.3 Å². The topological polar surface area (TPSA) is 32.3 Å². The van der Waals surface area contributed by atoms with Crippen molar-refractivity contribution in [2.24, 2.45) is 0 Å². The monoisotopic (exact) mass is 301 g/mol. The summed E-state index contributed by atoms with van der Waals surface area (Å²) in [5.74, 6) is 0.714. The molecule has 0 spiro atoms. The predicted molar refractivity (Wildman–Crippen MR) is 88.7 cm³/mol. The molecule has 3 rings (SSSR count). The van der Waals surface area contributed by atoms with E-state index < -0.39 is 0 Å². The van der Waals surface area contributed by atoms with E-state index in [9.17, 15) is 5.11 Å². The van der Waals surface area contributed by atoms with E-state index >= 15 is 0 Å². The van der Waals surface area contributed by atoms with Crippen LogP contribution in [0.1, 0.15) is 48.8 Å². The average Bonchev–Trinajstić information content (AvgIpc) is 3.08. The number of benzene rings is 1. The first-order chi connectivity index (χ1) is 10.3. The maximum Gasteiger partial charge on any atom is 0.0922 e. The molecule has 0 bridgehead atoms. The number of nitrogens with one attached hydrogen (secondary N) is 1. The third kappa shape index (κ3) is 3.94. The molecule has 3 heteroatoms. The molecule has 2 N–H and O–H groups in total. The largest absolute Gasteiger partial charge is 0.387 e. The fourth-order valence-electron chi connectivity index (χ4n) is 3.22. The minimum atomic E-state index is -0.372. The first kappa shape index (κ1) is 14.8. The molecule has 2 aromatic rings. The van der Waals surface area contributed by atoms with Gasteiger partial charge in [0, 0.05) is 12.6 Å². The van der Waals surface area contributed by atoms with E-state index in [0.29, 0.717) is 18.5 Å². The fourth-order valence-corrected chi connectivity index (χ4v) is 3.92. The minimum Gasteiger partial charge on any atom is -0.387 e. The van der Waals surface area contributed by atoms with Crippen molar-refractivity contribution in [1.29, 1.82) is 0 Å². The van der Waals surface area contributed by atoms with Gasteiger partial charge in [-0.15, -0.1) is 0 Å². The second-order valence-electron chi connectivity index (χ2n) is 5.94. The van der Waals surface area contributed by atoms with Gasteiger partial charge in [0.2, 0.25) is 0 Å². The van der Waals surface area contributed by atoms with E-state index in [1.54, 1.807) is 11.3 Å². The lowest BCUT2D eigenvalue weighted by Crippen LogP contribution is -2.35. The van der Waals surface area contributed by atoms with E-state index in [4.69, 9.17) is 0 Å². The van der Waals surface area contributed by atoms with Gasteiger partial charge in [0.25, 0.3) is 0 Å². The Kier molecular flexibility index (Phi) is 5.07.